The van der Waals surface area contributed by atoms with E-state index in [0.717, 1.165) is 4.88 Å². The predicted molar refractivity (Wildman–Crippen MR) is 75.0 cm³/mol. The van der Waals surface area contributed by atoms with Crippen LogP contribution in [0.1, 0.15) is 15.4 Å². The molecule has 0 radical (unpaired) electrons. The Morgan fingerprint density at radius 1 is 1.42 bits per heavy atom. The van der Waals surface area contributed by atoms with E-state index in [9.17, 15) is 4.79 Å². The maximum absolute atomic E-state index is 12.0. The van der Waals surface area contributed by atoms with Crippen molar-refractivity contribution in [3.8, 4) is 0 Å². The first-order valence-electron chi connectivity index (χ1n) is 5.50. The Morgan fingerprint density at radius 2 is 2.26 bits per heavy atom. The molecule has 0 saturated carbocycles. The van der Waals surface area contributed by atoms with E-state index in [-0.39, 0.29) is 5.91 Å². The Bertz CT molecular complexity index is 764. The van der Waals surface area contributed by atoms with Crippen molar-refractivity contribution in [2.24, 2.45) is 0 Å². The van der Waals surface area contributed by atoms with E-state index in [1.807, 2.05) is 6.92 Å². The first-order valence-corrected chi connectivity index (χ1v) is 6.69. The normalized spacial score (nSPS) is 10.8. The fraction of sp³-hybridized carbons (Fsp3) is 0.0833. The van der Waals surface area contributed by atoms with Crippen molar-refractivity contribution in [3.63, 3.8) is 0 Å². The molecule has 0 aliphatic heterocycles. The molecule has 96 valence electrons. The number of fused-ring (bicyclic) bond motifs is 1. The van der Waals surface area contributed by atoms with Crippen molar-refractivity contribution in [3.05, 3.63) is 46.3 Å². The topological polar surface area (TPSA) is 59.3 Å². The molecule has 3 rings (SSSR count). The SMILES string of the molecule is Cc1cnc(NC(=O)c2cn3cc(Cl)ccc3n2)s1. The molecular formula is C12H9ClN4OS. The fourth-order valence-corrected chi connectivity index (χ4v) is 2.48. The van der Waals surface area contributed by atoms with E-state index in [2.05, 4.69) is 15.3 Å². The highest BCUT2D eigenvalue weighted by Gasteiger charge is 2.12. The predicted octanol–water partition coefficient (Wildman–Crippen LogP) is 3.00. The van der Waals surface area contributed by atoms with Crippen LogP contribution < -0.4 is 5.32 Å². The van der Waals surface area contributed by atoms with Crippen LogP contribution in [0.2, 0.25) is 5.02 Å². The summed E-state index contributed by atoms with van der Waals surface area (Å²) in [6, 6.07) is 3.49. The third kappa shape index (κ3) is 2.45. The molecule has 0 bridgehead atoms. The number of aryl methyl sites for hydroxylation is 1. The van der Waals surface area contributed by atoms with Crippen LogP contribution in [0.5, 0.6) is 0 Å². The summed E-state index contributed by atoms with van der Waals surface area (Å²) in [4.78, 5) is 21.4. The number of halogens is 1. The van der Waals surface area contributed by atoms with Crippen LogP contribution in [0.3, 0.4) is 0 Å². The van der Waals surface area contributed by atoms with Crippen LogP contribution in [-0.2, 0) is 0 Å². The molecule has 3 heterocycles. The van der Waals surface area contributed by atoms with E-state index in [0.29, 0.717) is 21.5 Å². The molecule has 19 heavy (non-hydrogen) atoms. The number of pyridine rings is 1. The minimum Gasteiger partial charge on any atom is -0.305 e. The smallest absolute Gasteiger partial charge is 0.277 e. The van der Waals surface area contributed by atoms with Gasteiger partial charge in [0, 0.05) is 23.5 Å². The largest absolute Gasteiger partial charge is 0.305 e. The van der Waals surface area contributed by atoms with Crippen molar-refractivity contribution < 1.29 is 4.79 Å². The van der Waals surface area contributed by atoms with Crippen LogP contribution in [0.4, 0.5) is 5.13 Å². The van der Waals surface area contributed by atoms with Gasteiger partial charge in [0.05, 0.1) is 5.02 Å². The molecule has 0 saturated heterocycles. The lowest BCUT2D eigenvalue weighted by Gasteiger charge is -1.96. The number of imidazole rings is 1. The van der Waals surface area contributed by atoms with E-state index >= 15 is 0 Å². The summed E-state index contributed by atoms with van der Waals surface area (Å²) in [6.07, 6.45) is 5.05. The number of nitrogens with one attached hydrogen (secondary N) is 1. The molecule has 3 aromatic heterocycles. The maximum atomic E-state index is 12.0. The van der Waals surface area contributed by atoms with Crippen molar-refractivity contribution in [1.82, 2.24) is 14.4 Å². The first kappa shape index (κ1) is 12.1. The van der Waals surface area contributed by atoms with Crippen LogP contribution in [0, 0.1) is 6.92 Å². The van der Waals surface area contributed by atoms with Gasteiger partial charge in [0.2, 0.25) is 0 Å². The van der Waals surface area contributed by atoms with Gasteiger partial charge in [-0.15, -0.1) is 11.3 Å². The second kappa shape index (κ2) is 4.64. The number of nitrogens with zero attached hydrogens (tertiary/aromatic N) is 3. The van der Waals surface area contributed by atoms with Gasteiger partial charge in [0.1, 0.15) is 11.3 Å². The Balaban J connectivity index is 1.89. The number of aromatic nitrogens is 3. The van der Waals surface area contributed by atoms with Gasteiger partial charge in [-0.2, -0.15) is 0 Å². The average Bonchev–Trinajstić information content (AvgIpc) is 2.95. The van der Waals surface area contributed by atoms with Crippen LogP contribution in [-0.4, -0.2) is 20.3 Å². The zero-order valence-corrected chi connectivity index (χ0v) is 11.5. The molecule has 0 aliphatic carbocycles. The molecule has 0 atom stereocenters. The number of rotatable bonds is 2. The lowest BCUT2D eigenvalue weighted by Crippen LogP contribution is -2.11. The minimum absolute atomic E-state index is 0.283. The molecule has 0 aromatic carbocycles. The van der Waals surface area contributed by atoms with Gasteiger partial charge >= 0.3 is 0 Å². The second-order valence-corrected chi connectivity index (χ2v) is 5.64. The van der Waals surface area contributed by atoms with E-state index < -0.39 is 0 Å². The minimum atomic E-state index is -0.283. The zero-order chi connectivity index (χ0) is 13.4. The Kier molecular flexibility index (Phi) is 2.96. The average molecular weight is 293 g/mol. The third-order valence-corrected chi connectivity index (χ3v) is 3.54. The molecular weight excluding hydrogens is 284 g/mol. The molecule has 1 N–H and O–H groups in total. The third-order valence-electron chi connectivity index (χ3n) is 2.49. The number of thiazole rings is 1. The summed E-state index contributed by atoms with van der Waals surface area (Å²) in [5, 5.41) is 3.87. The highest BCUT2D eigenvalue weighted by atomic mass is 35.5. The zero-order valence-electron chi connectivity index (χ0n) is 9.92. The number of anilines is 1. The Labute approximate surface area is 117 Å². The molecule has 0 aliphatic rings. The van der Waals surface area contributed by atoms with E-state index in [1.54, 1.807) is 35.1 Å². The number of hydrogen-bond acceptors (Lipinski definition) is 4. The van der Waals surface area contributed by atoms with Gasteiger partial charge in [0.15, 0.2) is 5.13 Å². The Hall–Kier alpha value is -1.92. The quantitative estimate of drug-likeness (QED) is 0.790. The maximum Gasteiger partial charge on any atom is 0.277 e. The van der Waals surface area contributed by atoms with Crippen molar-refractivity contribution in [1.29, 1.82) is 0 Å². The number of carbonyl (C=O) groups excluding carboxylic acids is 1. The number of amides is 1. The second-order valence-electron chi connectivity index (χ2n) is 3.97. The standard InChI is InChI=1S/C12H9ClN4OS/c1-7-4-14-12(19-7)16-11(18)9-6-17-5-8(13)2-3-10(17)15-9/h2-6H,1H3,(H,14,16,18). The summed E-state index contributed by atoms with van der Waals surface area (Å²) < 4.78 is 1.71. The highest BCUT2D eigenvalue weighted by molar-refractivity contribution is 7.15. The van der Waals surface area contributed by atoms with Gasteiger partial charge < -0.3 is 4.40 Å². The van der Waals surface area contributed by atoms with Gasteiger partial charge in [-0.05, 0) is 19.1 Å². The summed E-state index contributed by atoms with van der Waals surface area (Å²) >= 11 is 7.30. The van der Waals surface area contributed by atoms with Crippen LogP contribution >= 0.6 is 22.9 Å². The van der Waals surface area contributed by atoms with Crippen molar-refractivity contribution >= 4 is 39.6 Å². The van der Waals surface area contributed by atoms with Gasteiger partial charge in [-0.1, -0.05) is 11.6 Å². The Morgan fingerprint density at radius 3 is 3.00 bits per heavy atom. The number of carbonyl (C=O) groups is 1. The lowest BCUT2D eigenvalue weighted by molar-refractivity contribution is 0.102. The molecule has 1 amide bonds. The molecule has 5 nitrogen and oxygen atoms in total. The van der Waals surface area contributed by atoms with Gasteiger partial charge in [-0.25, -0.2) is 9.97 Å². The fourth-order valence-electron chi connectivity index (χ4n) is 1.65. The summed E-state index contributed by atoms with van der Waals surface area (Å²) in [6.45, 7) is 1.93. The van der Waals surface area contributed by atoms with E-state index in [4.69, 9.17) is 11.6 Å². The van der Waals surface area contributed by atoms with E-state index in [1.165, 1.54) is 11.3 Å². The van der Waals surface area contributed by atoms with Gasteiger partial charge in [0.25, 0.3) is 5.91 Å². The monoisotopic (exact) mass is 292 g/mol. The van der Waals surface area contributed by atoms with Crippen molar-refractivity contribution in [2.75, 3.05) is 5.32 Å². The van der Waals surface area contributed by atoms with Crippen LogP contribution in [0.15, 0.2) is 30.7 Å². The highest BCUT2D eigenvalue weighted by Crippen LogP contribution is 2.18. The molecule has 0 fully saturated rings. The van der Waals surface area contributed by atoms with Crippen LogP contribution in [0.25, 0.3) is 5.65 Å². The summed E-state index contributed by atoms with van der Waals surface area (Å²) in [5.74, 6) is -0.283. The van der Waals surface area contributed by atoms with Crippen molar-refractivity contribution in [2.45, 2.75) is 6.92 Å². The first-order chi connectivity index (χ1) is 9.11. The molecule has 7 heteroatoms. The summed E-state index contributed by atoms with van der Waals surface area (Å²) in [7, 11) is 0. The summed E-state index contributed by atoms with van der Waals surface area (Å²) in [5.41, 5.74) is 1.000. The number of hydrogen-bond donors (Lipinski definition) is 1. The lowest BCUT2D eigenvalue weighted by atomic mass is 10.4. The molecule has 0 spiro atoms. The van der Waals surface area contributed by atoms with Gasteiger partial charge in [-0.3, -0.25) is 10.1 Å². The molecule has 0 unspecified atom stereocenters. The molecule has 3 aromatic rings.